The summed E-state index contributed by atoms with van der Waals surface area (Å²) in [4.78, 5) is 2.55. The Labute approximate surface area is 96.1 Å². The SMILES string of the molecule is CC(C)CCN1CC(CBr)OCC1C. The van der Waals surface area contributed by atoms with Gasteiger partial charge in [-0.1, -0.05) is 29.8 Å². The van der Waals surface area contributed by atoms with Crippen LogP contribution in [0.15, 0.2) is 0 Å². The minimum absolute atomic E-state index is 0.387. The van der Waals surface area contributed by atoms with Crippen molar-refractivity contribution < 1.29 is 4.74 Å². The Kier molecular flexibility index (Phi) is 5.42. The van der Waals surface area contributed by atoms with Gasteiger partial charge in [0.2, 0.25) is 0 Å². The van der Waals surface area contributed by atoms with E-state index in [9.17, 15) is 0 Å². The van der Waals surface area contributed by atoms with E-state index in [1.807, 2.05) is 0 Å². The third kappa shape index (κ3) is 3.87. The summed E-state index contributed by atoms with van der Waals surface area (Å²) in [5, 5.41) is 0.956. The first-order valence-corrected chi connectivity index (χ1v) is 6.67. The van der Waals surface area contributed by atoms with Crippen LogP contribution < -0.4 is 0 Å². The molecule has 0 aromatic heterocycles. The van der Waals surface area contributed by atoms with Gasteiger partial charge in [0.05, 0.1) is 12.7 Å². The molecule has 0 aliphatic carbocycles. The van der Waals surface area contributed by atoms with Crippen LogP contribution in [0, 0.1) is 5.92 Å². The Morgan fingerprint density at radius 1 is 1.50 bits per heavy atom. The van der Waals surface area contributed by atoms with Gasteiger partial charge in [-0.05, 0) is 25.8 Å². The molecule has 14 heavy (non-hydrogen) atoms. The normalized spacial score (nSPS) is 29.8. The average Bonchev–Trinajstić information content (AvgIpc) is 2.16. The number of alkyl halides is 1. The highest BCUT2D eigenvalue weighted by Gasteiger charge is 2.24. The predicted octanol–water partition coefficient (Wildman–Crippen LogP) is 2.52. The molecule has 2 nitrogen and oxygen atoms in total. The lowest BCUT2D eigenvalue weighted by Crippen LogP contribution is -2.49. The molecule has 1 rings (SSSR count). The van der Waals surface area contributed by atoms with Crippen molar-refractivity contribution in [3.05, 3.63) is 0 Å². The molecule has 1 aliphatic heterocycles. The van der Waals surface area contributed by atoms with Gasteiger partial charge < -0.3 is 4.74 Å². The minimum atomic E-state index is 0.387. The van der Waals surface area contributed by atoms with Crippen molar-refractivity contribution >= 4 is 15.9 Å². The van der Waals surface area contributed by atoms with Crippen LogP contribution >= 0.6 is 15.9 Å². The zero-order chi connectivity index (χ0) is 10.6. The molecule has 3 heteroatoms. The summed E-state index contributed by atoms with van der Waals surface area (Å²) in [7, 11) is 0. The number of rotatable bonds is 4. The van der Waals surface area contributed by atoms with Gasteiger partial charge in [-0.2, -0.15) is 0 Å². The van der Waals surface area contributed by atoms with E-state index in [4.69, 9.17) is 4.74 Å². The van der Waals surface area contributed by atoms with Crippen molar-refractivity contribution in [3.8, 4) is 0 Å². The third-order valence-corrected chi connectivity index (χ3v) is 3.52. The first-order valence-electron chi connectivity index (χ1n) is 5.55. The fourth-order valence-corrected chi connectivity index (χ4v) is 2.10. The van der Waals surface area contributed by atoms with Crippen molar-refractivity contribution in [2.45, 2.75) is 39.3 Å². The van der Waals surface area contributed by atoms with Crippen LogP contribution in [0.2, 0.25) is 0 Å². The number of morpholine rings is 1. The highest BCUT2D eigenvalue weighted by atomic mass is 79.9. The first kappa shape index (κ1) is 12.5. The molecule has 0 saturated carbocycles. The second-order valence-electron chi connectivity index (χ2n) is 4.64. The maximum atomic E-state index is 5.69. The Balaban J connectivity index is 2.32. The maximum Gasteiger partial charge on any atom is 0.0799 e. The summed E-state index contributed by atoms with van der Waals surface area (Å²) in [5.74, 6) is 0.799. The number of nitrogens with zero attached hydrogens (tertiary/aromatic N) is 1. The van der Waals surface area contributed by atoms with Crippen LogP contribution in [0.1, 0.15) is 27.2 Å². The molecule has 2 unspecified atom stereocenters. The van der Waals surface area contributed by atoms with Gasteiger partial charge in [-0.25, -0.2) is 0 Å². The van der Waals surface area contributed by atoms with E-state index in [0.717, 1.165) is 24.4 Å². The smallest absolute Gasteiger partial charge is 0.0799 e. The molecule has 0 aromatic rings. The largest absolute Gasteiger partial charge is 0.374 e. The predicted molar refractivity (Wildman–Crippen MR) is 64.0 cm³/mol. The highest BCUT2D eigenvalue weighted by molar-refractivity contribution is 9.09. The molecule has 84 valence electrons. The molecule has 1 heterocycles. The lowest BCUT2D eigenvalue weighted by atomic mass is 10.1. The summed E-state index contributed by atoms with van der Waals surface area (Å²) in [6.45, 7) is 10.0. The van der Waals surface area contributed by atoms with Crippen LogP contribution in [0.4, 0.5) is 0 Å². The topological polar surface area (TPSA) is 12.5 Å². The van der Waals surface area contributed by atoms with Crippen molar-refractivity contribution in [2.75, 3.05) is 25.0 Å². The zero-order valence-electron chi connectivity index (χ0n) is 9.50. The van der Waals surface area contributed by atoms with Crippen LogP contribution in [0.5, 0.6) is 0 Å². The molecule has 2 atom stereocenters. The fourth-order valence-electron chi connectivity index (χ4n) is 1.70. The fraction of sp³-hybridized carbons (Fsp3) is 1.00. The molecule has 0 bridgehead atoms. The lowest BCUT2D eigenvalue weighted by Gasteiger charge is -2.37. The molecule has 0 N–H and O–H groups in total. The summed E-state index contributed by atoms with van der Waals surface area (Å²) in [5.41, 5.74) is 0. The monoisotopic (exact) mass is 263 g/mol. The minimum Gasteiger partial charge on any atom is -0.374 e. The van der Waals surface area contributed by atoms with Crippen LogP contribution in [-0.2, 0) is 4.74 Å². The van der Waals surface area contributed by atoms with Crippen molar-refractivity contribution in [3.63, 3.8) is 0 Å². The van der Waals surface area contributed by atoms with Gasteiger partial charge in [-0.15, -0.1) is 0 Å². The summed E-state index contributed by atoms with van der Waals surface area (Å²) < 4.78 is 5.69. The second-order valence-corrected chi connectivity index (χ2v) is 5.28. The van der Waals surface area contributed by atoms with Crippen LogP contribution in [0.25, 0.3) is 0 Å². The standard InChI is InChI=1S/C11H22BrNO/c1-9(2)4-5-13-7-11(6-12)14-8-10(13)3/h9-11H,4-8H2,1-3H3. The second kappa shape index (κ2) is 6.09. The average molecular weight is 264 g/mol. The zero-order valence-corrected chi connectivity index (χ0v) is 11.1. The summed E-state index contributed by atoms with van der Waals surface area (Å²) in [6.07, 6.45) is 1.68. The van der Waals surface area contributed by atoms with E-state index in [-0.39, 0.29) is 0 Å². The van der Waals surface area contributed by atoms with Gasteiger partial charge in [0.15, 0.2) is 0 Å². The number of halogens is 1. The van der Waals surface area contributed by atoms with Crippen LogP contribution in [-0.4, -0.2) is 42.1 Å². The molecule has 0 amide bonds. The van der Waals surface area contributed by atoms with E-state index in [2.05, 4.69) is 41.6 Å². The van der Waals surface area contributed by atoms with Crippen molar-refractivity contribution in [2.24, 2.45) is 5.92 Å². The number of hydrogen-bond donors (Lipinski definition) is 0. The van der Waals surface area contributed by atoms with Crippen molar-refractivity contribution in [1.29, 1.82) is 0 Å². The third-order valence-electron chi connectivity index (χ3n) is 2.80. The number of hydrogen-bond acceptors (Lipinski definition) is 2. The Morgan fingerprint density at radius 2 is 2.21 bits per heavy atom. The Hall–Kier alpha value is 0.400. The molecule has 0 spiro atoms. The Morgan fingerprint density at radius 3 is 2.79 bits per heavy atom. The highest BCUT2D eigenvalue weighted by Crippen LogP contribution is 2.14. The van der Waals surface area contributed by atoms with Gasteiger partial charge >= 0.3 is 0 Å². The maximum absolute atomic E-state index is 5.69. The summed E-state index contributed by atoms with van der Waals surface area (Å²) >= 11 is 3.49. The summed E-state index contributed by atoms with van der Waals surface area (Å²) in [6, 6.07) is 0.587. The van der Waals surface area contributed by atoms with E-state index in [1.165, 1.54) is 13.0 Å². The van der Waals surface area contributed by atoms with Gasteiger partial charge in [0.25, 0.3) is 0 Å². The molecular weight excluding hydrogens is 242 g/mol. The molecule has 0 radical (unpaired) electrons. The molecule has 0 aromatic carbocycles. The van der Waals surface area contributed by atoms with Crippen LogP contribution in [0.3, 0.4) is 0 Å². The molecule has 1 saturated heterocycles. The molecule has 1 aliphatic rings. The van der Waals surface area contributed by atoms with E-state index in [0.29, 0.717) is 12.1 Å². The lowest BCUT2D eigenvalue weighted by molar-refractivity contribution is -0.0477. The molecular formula is C11H22BrNO. The first-order chi connectivity index (χ1) is 6.63. The van der Waals surface area contributed by atoms with Gasteiger partial charge in [-0.3, -0.25) is 4.90 Å². The van der Waals surface area contributed by atoms with Crippen molar-refractivity contribution in [1.82, 2.24) is 4.90 Å². The van der Waals surface area contributed by atoms with E-state index < -0.39 is 0 Å². The number of ether oxygens (including phenoxy) is 1. The van der Waals surface area contributed by atoms with E-state index >= 15 is 0 Å². The molecule has 1 fully saturated rings. The van der Waals surface area contributed by atoms with Gasteiger partial charge in [0, 0.05) is 17.9 Å². The Bertz CT molecular complexity index is 163. The van der Waals surface area contributed by atoms with Gasteiger partial charge in [0.1, 0.15) is 0 Å². The quantitative estimate of drug-likeness (QED) is 0.723. The van der Waals surface area contributed by atoms with E-state index in [1.54, 1.807) is 0 Å².